The number of ether oxygens (including phenoxy) is 2. The van der Waals surface area contributed by atoms with E-state index in [1.54, 1.807) is 18.2 Å². The van der Waals surface area contributed by atoms with Crippen LogP contribution in [0.25, 0.3) is 0 Å². The van der Waals surface area contributed by atoms with Crippen LogP contribution in [0.3, 0.4) is 0 Å². The summed E-state index contributed by atoms with van der Waals surface area (Å²) in [6.07, 6.45) is -0.254. The fourth-order valence-electron chi connectivity index (χ4n) is 2.34. The quantitative estimate of drug-likeness (QED) is 0.278. The molecule has 1 heterocycles. The molecule has 1 aromatic heterocycles. The molecule has 0 bridgehead atoms. The third-order valence-corrected chi connectivity index (χ3v) is 3.61. The average Bonchev–Trinajstić information content (AvgIpc) is 3.14. The van der Waals surface area contributed by atoms with E-state index < -0.39 is 6.61 Å². The Bertz CT molecular complexity index is 761. The van der Waals surface area contributed by atoms with Crippen LogP contribution in [0.4, 0.5) is 8.78 Å². The van der Waals surface area contributed by atoms with Gasteiger partial charge >= 0.3 is 6.61 Å². The van der Waals surface area contributed by atoms with Crippen LogP contribution in [0.15, 0.2) is 33.8 Å². The van der Waals surface area contributed by atoms with Crippen LogP contribution in [0, 0.1) is 0 Å². The summed E-state index contributed by atoms with van der Waals surface area (Å²) < 4.78 is 40.2. The van der Waals surface area contributed by atoms with E-state index >= 15 is 0 Å². The van der Waals surface area contributed by atoms with Crippen molar-refractivity contribution in [2.45, 2.75) is 46.6 Å². The number of aromatic nitrogens is 2. The van der Waals surface area contributed by atoms with Crippen molar-refractivity contribution in [2.24, 2.45) is 4.99 Å². The highest BCUT2D eigenvalue weighted by molar-refractivity contribution is 14.0. The lowest BCUT2D eigenvalue weighted by atomic mass is 10.2. The van der Waals surface area contributed by atoms with Gasteiger partial charge in [0.25, 0.3) is 0 Å². The average molecular weight is 525 g/mol. The van der Waals surface area contributed by atoms with Crippen LogP contribution in [0.1, 0.15) is 44.2 Å². The molecule has 0 aliphatic rings. The maximum absolute atomic E-state index is 12.5. The fourth-order valence-corrected chi connectivity index (χ4v) is 2.34. The highest BCUT2D eigenvalue weighted by Crippen LogP contribution is 2.21. The van der Waals surface area contributed by atoms with Gasteiger partial charge in [-0.05, 0) is 26.8 Å². The molecule has 0 aliphatic carbocycles. The lowest BCUT2D eigenvalue weighted by Crippen LogP contribution is -2.36. The zero-order valence-electron chi connectivity index (χ0n) is 16.5. The second-order valence-corrected chi connectivity index (χ2v) is 5.68. The molecule has 0 saturated heterocycles. The minimum atomic E-state index is -2.89. The van der Waals surface area contributed by atoms with Crippen molar-refractivity contribution in [3.63, 3.8) is 0 Å². The first kappa shape index (κ1) is 25.0. The molecule has 1 atom stereocenters. The predicted molar refractivity (Wildman–Crippen MR) is 114 cm³/mol. The van der Waals surface area contributed by atoms with Gasteiger partial charge in [-0.2, -0.15) is 13.8 Å². The van der Waals surface area contributed by atoms with E-state index in [0.29, 0.717) is 36.4 Å². The number of alkyl halides is 2. The lowest BCUT2D eigenvalue weighted by molar-refractivity contribution is -0.0504. The number of benzene rings is 1. The molecular formula is C18H26F2IN5O3. The third kappa shape index (κ3) is 8.48. The number of halogens is 3. The summed E-state index contributed by atoms with van der Waals surface area (Å²) >= 11 is 0. The van der Waals surface area contributed by atoms with Gasteiger partial charge < -0.3 is 24.6 Å². The number of hydrogen-bond acceptors (Lipinski definition) is 6. The van der Waals surface area contributed by atoms with E-state index in [9.17, 15) is 8.78 Å². The number of aliphatic imine (C=N–C) groups is 1. The summed E-state index contributed by atoms with van der Waals surface area (Å²) in [5.41, 5.74) is 0.547. The summed E-state index contributed by atoms with van der Waals surface area (Å²) in [6.45, 7) is 4.36. The van der Waals surface area contributed by atoms with Crippen LogP contribution in [-0.2, 0) is 17.8 Å². The Balaban J connectivity index is 0.00000420. The minimum Gasteiger partial charge on any atom is -0.434 e. The van der Waals surface area contributed by atoms with E-state index in [1.807, 2.05) is 20.8 Å². The Kier molecular flexibility index (Phi) is 11.4. The minimum absolute atomic E-state index is 0. The van der Waals surface area contributed by atoms with E-state index in [-0.39, 0.29) is 48.9 Å². The van der Waals surface area contributed by atoms with Crippen LogP contribution in [0.2, 0.25) is 0 Å². The van der Waals surface area contributed by atoms with Gasteiger partial charge in [0.1, 0.15) is 11.9 Å². The molecule has 2 N–H and O–H groups in total. The van der Waals surface area contributed by atoms with Crippen molar-refractivity contribution >= 4 is 29.9 Å². The molecule has 29 heavy (non-hydrogen) atoms. The number of guanidine groups is 1. The molecule has 0 saturated carbocycles. The van der Waals surface area contributed by atoms with E-state index in [2.05, 4.69) is 30.5 Å². The van der Waals surface area contributed by atoms with Crippen molar-refractivity contribution in [2.75, 3.05) is 13.2 Å². The first-order valence-electron chi connectivity index (χ1n) is 9.02. The molecule has 2 rings (SSSR count). The van der Waals surface area contributed by atoms with Gasteiger partial charge in [0.05, 0.1) is 13.1 Å². The summed E-state index contributed by atoms with van der Waals surface area (Å²) in [7, 11) is 0. The molecule has 162 valence electrons. The summed E-state index contributed by atoms with van der Waals surface area (Å²) in [5, 5.41) is 10.0. The van der Waals surface area contributed by atoms with Gasteiger partial charge in [-0.15, -0.1) is 24.0 Å². The molecule has 0 spiro atoms. The Labute approximate surface area is 185 Å². The molecule has 1 unspecified atom stereocenters. The molecule has 8 nitrogen and oxygen atoms in total. The molecule has 0 radical (unpaired) electrons. The number of hydrogen-bond donors (Lipinski definition) is 2. The molecule has 0 aliphatic heterocycles. The smallest absolute Gasteiger partial charge is 0.387 e. The summed E-state index contributed by atoms with van der Waals surface area (Å²) in [5.74, 6) is 1.43. The van der Waals surface area contributed by atoms with Crippen molar-refractivity contribution in [1.82, 2.24) is 20.8 Å². The third-order valence-electron chi connectivity index (χ3n) is 3.61. The molecule has 0 fully saturated rings. The number of nitrogens with zero attached hydrogens (tertiary/aromatic N) is 3. The van der Waals surface area contributed by atoms with Crippen molar-refractivity contribution in [3.8, 4) is 5.75 Å². The molecule has 1 aromatic carbocycles. The number of nitrogens with one attached hydrogen (secondary N) is 2. The van der Waals surface area contributed by atoms with Crippen molar-refractivity contribution in [1.29, 1.82) is 0 Å². The zero-order chi connectivity index (χ0) is 20.4. The van der Waals surface area contributed by atoms with E-state index in [4.69, 9.17) is 9.26 Å². The lowest BCUT2D eigenvalue weighted by Gasteiger charge is -2.11. The van der Waals surface area contributed by atoms with Crippen LogP contribution in [0.5, 0.6) is 5.75 Å². The summed E-state index contributed by atoms with van der Waals surface area (Å²) in [6, 6.07) is 6.54. The Morgan fingerprint density at radius 1 is 1.24 bits per heavy atom. The molecule has 0 amide bonds. The predicted octanol–water partition coefficient (Wildman–Crippen LogP) is 3.64. The van der Waals surface area contributed by atoms with Gasteiger partial charge in [0.2, 0.25) is 5.89 Å². The van der Waals surface area contributed by atoms with Crippen LogP contribution < -0.4 is 15.4 Å². The van der Waals surface area contributed by atoms with Crippen molar-refractivity contribution < 1.29 is 22.8 Å². The Morgan fingerprint density at radius 3 is 2.69 bits per heavy atom. The van der Waals surface area contributed by atoms with Crippen LogP contribution in [-0.4, -0.2) is 35.9 Å². The van der Waals surface area contributed by atoms with E-state index in [1.165, 1.54) is 6.07 Å². The molecule has 2 aromatic rings. The van der Waals surface area contributed by atoms with E-state index in [0.717, 1.165) is 0 Å². The van der Waals surface area contributed by atoms with Gasteiger partial charge in [-0.25, -0.2) is 4.99 Å². The zero-order valence-corrected chi connectivity index (χ0v) is 18.9. The standard InChI is InChI=1S/C18H25F2N5O3.HI/c1-4-21-18(22-10-13-8-6-7-9-14(13)27-17(19)20)23-11-15-24-16(25-28-15)12(3)26-5-2;/h6-9,12,17H,4-5,10-11H2,1-3H3,(H2,21,22,23);1H. The monoisotopic (exact) mass is 525 g/mol. The number of rotatable bonds is 10. The second-order valence-electron chi connectivity index (χ2n) is 5.68. The van der Waals surface area contributed by atoms with Gasteiger partial charge in [0.15, 0.2) is 11.8 Å². The maximum Gasteiger partial charge on any atom is 0.387 e. The maximum atomic E-state index is 12.5. The number of para-hydroxylation sites is 1. The van der Waals surface area contributed by atoms with Crippen LogP contribution >= 0.6 is 24.0 Å². The van der Waals surface area contributed by atoms with Gasteiger partial charge in [-0.1, -0.05) is 23.4 Å². The Hall–Kier alpha value is -2.02. The first-order valence-corrected chi connectivity index (χ1v) is 9.02. The highest BCUT2D eigenvalue weighted by atomic mass is 127. The second kappa shape index (κ2) is 13.2. The van der Waals surface area contributed by atoms with Crippen molar-refractivity contribution in [3.05, 3.63) is 41.5 Å². The summed E-state index contributed by atoms with van der Waals surface area (Å²) in [4.78, 5) is 8.67. The molecular weight excluding hydrogens is 499 g/mol. The SMILES string of the molecule is CCNC(=NCc1ccccc1OC(F)F)NCc1nc(C(C)OCC)no1.I. The largest absolute Gasteiger partial charge is 0.434 e. The topological polar surface area (TPSA) is 93.8 Å². The Morgan fingerprint density at radius 2 is 2.00 bits per heavy atom. The normalized spacial score (nSPS) is 12.4. The molecule has 11 heteroatoms. The first-order chi connectivity index (χ1) is 13.5. The van der Waals surface area contributed by atoms with Gasteiger partial charge in [-0.3, -0.25) is 0 Å². The van der Waals surface area contributed by atoms with Gasteiger partial charge in [0, 0.05) is 18.7 Å². The fraction of sp³-hybridized carbons (Fsp3) is 0.500. The highest BCUT2D eigenvalue weighted by Gasteiger charge is 2.14.